The van der Waals surface area contributed by atoms with Gasteiger partial charge in [0.05, 0.1) is 26.9 Å². The second-order valence-corrected chi connectivity index (χ2v) is 16.3. The van der Waals surface area contributed by atoms with Crippen molar-refractivity contribution in [3.05, 3.63) is 176 Å². The van der Waals surface area contributed by atoms with Crippen molar-refractivity contribution in [1.29, 1.82) is 0 Å². The number of fused-ring (bicyclic) bond motifs is 10. The van der Waals surface area contributed by atoms with E-state index in [9.17, 15) is 0 Å². The van der Waals surface area contributed by atoms with Gasteiger partial charge in [-0.05, 0) is 64.4 Å². The molecule has 4 heterocycles. The first-order valence-corrected chi connectivity index (χ1v) is 20.1. The molecule has 0 N–H and O–H groups in total. The third-order valence-corrected chi connectivity index (χ3v) is 13.4. The van der Waals surface area contributed by atoms with Crippen LogP contribution < -0.4 is 0 Å². The van der Waals surface area contributed by atoms with E-state index in [0.717, 1.165) is 38.5 Å². The molecule has 0 atom stereocenters. The maximum atomic E-state index is 5.41. The maximum absolute atomic E-state index is 5.41. The molecule has 0 fully saturated rings. The molecule has 0 aliphatic rings. The number of aromatic nitrogens is 3. The second-order valence-electron chi connectivity index (χ2n) is 14.1. The SMILES string of the molecule is c1ccc(-c2ccc(-c3nc(-c4cccc5c4sc4cc(-n6c7ccccc7c7cc8ccccc8cc76)ccc45)nc4c3sc3ccccc34)cc2)cc1. The molecule has 256 valence electrons. The summed E-state index contributed by atoms with van der Waals surface area (Å²) >= 11 is 3.60. The largest absolute Gasteiger partial charge is 0.309 e. The summed E-state index contributed by atoms with van der Waals surface area (Å²) in [6.07, 6.45) is 0. The van der Waals surface area contributed by atoms with Crippen molar-refractivity contribution in [2.75, 3.05) is 0 Å². The number of rotatable bonds is 4. The lowest BCUT2D eigenvalue weighted by molar-refractivity contribution is 1.19. The van der Waals surface area contributed by atoms with E-state index in [1.54, 1.807) is 11.3 Å². The van der Waals surface area contributed by atoms with Crippen LogP contribution in [0.1, 0.15) is 0 Å². The molecule has 12 rings (SSSR count). The van der Waals surface area contributed by atoms with Crippen molar-refractivity contribution >= 4 is 95.7 Å². The van der Waals surface area contributed by atoms with Gasteiger partial charge >= 0.3 is 0 Å². The number of nitrogens with zero attached hydrogens (tertiary/aromatic N) is 3. The van der Waals surface area contributed by atoms with E-state index in [1.165, 1.54) is 74.0 Å². The summed E-state index contributed by atoms with van der Waals surface area (Å²) in [5.41, 5.74) is 10.1. The Balaban J connectivity index is 1.05. The molecule has 5 heteroatoms. The predicted molar refractivity (Wildman–Crippen MR) is 236 cm³/mol. The van der Waals surface area contributed by atoms with Crippen molar-refractivity contribution in [2.24, 2.45) is 0 Å². The average Bonchev–Trinajstić information content (AvgIpc) is 3.92. The van der Waals surface area contributed by atoms with Crippen LogP contribution in [0.25, 0.3) is 113 Å². The molecule has 0 saturated carbocycles. The fraction of sp³-hybridized carbons (Fsp3) is 0. The van der Waals surface area contributed by atoms with Crippen LogP contribution in [0, 0.1) is 0 Å². The topological polar surface area (TPSA) is 30.7 Å². The summed E-state index contributed by atoms with van der Waals surface area (Å²) in [6.45, 7) is 0. The molecule has 55 heavy (non-hydrogen) atoms. The minimum Gasteiger partial charge on any atom is -0.309 e. The second kappa shape index (κ2) is 11.9. The summed E-state index contributed by atoms with van der Waals surface area (Å²) in [7, 11) is 0. The Kier molecular flexibility index (Phi) is 6.67. The number of para-hydroxylation sites is 1. The molecule has 4 aromatic heterocycles. The molecule has 12 aromatic rings. The van der Waals surface area contributed by atoms with Gasteiger partial charge in [-0.25, -0.2) is 9.97 Å². The Morgan fingerprint density at radius 2 is 1.09 bits per heavy atom. The van der Waals surface area contributed by atoms with Crippen LogP contribution in [0.2, 0.25) is 0 Å². The highest BCUT2D eigenvalue weighted by Crippen LogP contribution is 2.44. The zero-order valence-electron chi connectivity index (χ0n) is 29.4. The molecule has 0 saturated heterocycles. The van der Waals surface area contributed by atoms with Gasteiger partial charge in [-0.2, -0.15) is 0 Å². The Labute approximate surface area is 324 Å². The third-order valence-electron chi connectivity index (χ3n) is 11.0. The van der Waals surface area contributed by atoms with Crippen LogP contribution in [0.4, 0.5) is 0 Å². The Morgan fingerprint density at radius 3 is 1.96 bits per heavy atom. The first-order valence-electron chi connectivity index (χ1n) is 18.5. The van der Waals surface area contributed by atoms with Crippen molar-refractivity contribution in [3.8, 4) is 39.5 Å². The summed E-state index contributed by atoms with van der Waals surface area (Å²) in [5.74, 6) is 0.754. The Hall–Kier alpha value is -6.66. The van der Waals surface area contributed by atoms with Crippen LogP contribution >= 0.6 is 22.7 Å². The molecule has 0 spiro atoms. The standard InChI is InChI=1S/C50H29N3S2/c1-2-11-30(12-3-1)31-21-23-32(24-22-31)46-49-47(39-16-7-9-20-44(39)54-49)52-50(51-46)40-18-10-17-38-37-26-25-35(29-45(37)55-48(38)40)53-42-19-8-6-15-36(42)41-27-33-13-4-5-14-34(33)28-43(41)53/h1-29H. The summed E-state index contributed by atoms with van der Waals surface area (Å²) in [6, 6.07) is 63.6. The van der Waals surface area contributed by atoms with Crippen molar-refractivity contribution in [1.82, 2.24) is 14.5 Å². The van der Waals surface area contributed by atoms with Crippen LogP contribution in [0.15, 0.2) is 176 Å². The van der Waals surface area contributed by atoms with Gasteiger partial charge in [-0.3, -0.25) is 0 Å². The van der Waals surface area contributed by atoms with Crippen LogP contribution in [0.5, 0.6) is 0 Å². The van der Waals surface area contributed by atoms with Crippen molar-refractivity contribution in [2.45, 2.75) is 0 Å². The number of hydrogen-bond acceptors (Lipinski definition) is 4. The minimum absolute atomic E-state index is 0.754. The molecule has 0 amide bonds. The monoisotopic (exact) mass is 735 g/mol. The van der Waals surface area contributed by atoms with E-state index in [0.29, 0.717) is 0 Å². The third kappa shape index (κ3) is 4.74. The lowest BCUT2D eigenvalue weighted by Crippen LogP contribution is -1.94. The van der Waals surface area contributed by atoms with Crippen LogP contribution in [0.3, 0.4) is 0 Å². The Bertz CT molecular complexity index is 3480. The van der Waals surface area contributed by atoms with Gasteiger partial charge in [-0.1, -0.05) is 133 Å². The number of benzene rings is 8. The van der Waals surface area contributed by atoms with Gasteiger partial charge in [-0.15, -0.1) is 22.7 Å². The summed E-state index contributed by atoms with van der Waals surface area (Å²) in [4.78, 5) is 10.8. The molecule has 0 aliphatic heterocycles. The lowest BCUT2D eigenvalue weighted by Gasteiger charge is -2.09. The number of thiophene rings is 2. The fourth-order valence-electron chi connectivity index (χ4n) is 8.39. The van der Waals surface area contributed by atoms with Crippen molar-refractivity contribution in [3.63, 3.8) is 0 Å². The normalized spacial score (nSPS) is 12.0. The fourth-order valence-corrected chi connectivity index (χ4v) is 10.8. The van der Waals surface area contributed by atoms with Gasteiger partial charge in [0, 0.05) is 57.8 Å². The zero-order valence-corrected chi connectivity index (χ0v) is 31.0. The highest BCUT2D eigenvalue weighted by atomic mass is 32.1. The van der Waals surface area contributed by atoms with Gasteiger partial charge in [0.2, 0.25) is 0 Å². The smallest absolute Gasteiger partial charge is 0.161 e. The molecular weight excluding hydrogens is 707 g/mol. The van der Waals surface area contributed by atoms with E-state index in [2.05, 4.69) is 180 Å². The quantitative estimate of drug-likeness (QED) is 0.180. The molecule has 0 radical (unpaired) electrons. The average molecular weight is 736 g/mol. The zero-order chi connectivity index (χ0) is 36.0. The van der Waals surface area contributed by atoms with Gasteiger partial charge in [0.15, 0.2) is 5.82 Å². The van der Waals surface area contributed by atoms with Crippen LogP contribution in [-0.4, -0.2) is 14.5 Å². The lowest BCUT2D eigenvalue weighted by atomic mass is 10.0. The van der Waals surface area contributed by atoms with E-state index < -0.39 is 0 Å². The summed E-state index contributed by atoms with van der Waals surface area (Å²) in [5, 5.41) is 8.68. The van der Waals surface area contributed by atoms with E-state index in [4.69, 9.17) is 9.97 Å². The highest BCUT2D eigenvalue weighted by Gasteiger charge is 2.20. The first-order chi connectivity index (χ1) is 27.2. The number of hydrogen-bond donors (Lipinski definition) is 0. The van der Waals surface area contributed by atoms with E-state index >= 15 is 0 Å². The molecular formula is C50H29N3S2. The molecule has 0 bridgehead atoms. The minimum atomic E-state index is 0.754. The molecule has 0 aliphatic carbocycles. The first kappa shape index (κ1) is 30.8. The molecule has 8 aromatic carbocycles. The van der Waals surface area contributed by atoms with Crippen molar-refractivity contribution < 1.29 is 0 Å². The van der Waals surface area contributed by atoms with E-state index in [1.807, 2.05) is 11.3 Å². The van der Waals surface area contributed by atoms with Gasteiger partial charge in [0.1, 0.15) is 0 Å². The van der Waals surface area contributed by atoms with Gasteiger partial charge in [0.25, 0.3) is 0 Å². The summed E-state index contributed by atoms with van der Waals surface area (Å²) < 4.78 is 7.20. The maximum Gasteiger partial charge on any atom is 0.161 e. The molecule has 0 unspecified atom stereocenters. The highest BCUT2D eigenvalue weighted by molar-refractivity contribution is 7.26. The van der Waals surface area contributed by atoms with E-state index in [-0.39, 0.29) is 0 Å². The Morgan fingerprint density at radius 1 is 0.400 bits per heavy atom. The predicted octanol–water partition coefficient (Wildman–Crippen LogP) is 14.5. The van der Waals surface area contributed by atoms with Crippen LogP contribution in [-0.2, 0) is 0 Å². The van der Waals surface area contributed by atoms with Gasteiger partial charge < -0.3 is 4.57 Å². The molecule has 3 nitrogen and oxygen atoms in total.